The lowest BCUT2D eigenvalue weighted by atomic mass is 10.1. The molecular formula is C39H43F3N9O9P. The molecule has 2 heterocycles. The van der Waals surface area contributed by atoms with Crippen LogP contribution in [0, 0.1) is 0 Å². The van der Waals surface area contributed by atoms with Crippen LogP contribution in [0.4, 0.5) is 36.2 Å². The number of aldehydes is 1. The Morgan fingerprint density at radius 2 is 1.59 bits per heavy atom. The molecule has 5 rings (SSSR count). The minimum Gasteiger partial charge on any atom is -0.379 e. The Morgan fingerprint density at radius 1 is 0.918 bits per heavy atom. The number of carbonyl (C=O) groups excluding carboxylic acids is 4. The van der Waals surface area contributed by atoms with E-state index in [-0.39, 0.29) is 74.1 Å². The zero-order chi connectivity index (χ0) is 43.5. The van der Waals surface area contributed by atoms with Crippen molar-refractivity contribution in [3.63, 3.8) is 0 Å². The van der Waals surface area contributed by atoms with Gasteiger partial charge in [-0.25, -0.2) is 14.5 Å². The van der Waals surface area contributed by atoms with Crippen LogP contribution in [0.2, 0.25) is 0 Å². The number of hydrogen-bond acceptors (Lipinski definition) is 14. The fraction of sp³-hybridized carbons (Fsp3) is 0.282. The topological polar surface area (TPSA) is 259 Å². The number of fused-ring (bicyclic) bond motifs is 1. The molecule has 0 fully saturated rings. The van der Waals surface area contributed by atoms with E-state index in [9.17, 15) is 41.7 Å². The van der Waals surface area contributed by atoms with Gasteiger partial charge in [-0.1, -0.05) is 19.6 Å². The summed E-state index contributed by atoms with van der Waals surface area (Å²) in [6.45, 7) is 3.47. The Hall–Kier alpha value is -6.54. The molecular weight excluding hydrogens is 826 g/mol. The molecule has 61 heavy (non-hydrogen) atoms. The van der Waals surface area contributed by atoms with E-state index in [2.05, 4.69) is 41.2 Å². The zero-order valence-electron chi connectivity index (χ0n) is 32.0. The molecule has 0 saturated carbocycles. The van der Waals surface area contributed by atoms with Gasteiger partial charge in [0.2, 0.25) is 11.9 Å². The van der Waals surface area contributed by atoms with Crippen molar-refractivity contribution in [3.8, 4) is 0 Å². The van der Waals surface area contributed by atoms with Crippen LogP contribution in [0.5, 0.6) is 0 Å². The Morgan fingerprint density at radius 3 is 2.23 bits per heavy atom. The van der Waals surface area contributed by atoms with E-state index < -0.39 is 61.0 Å². The molecule has 0 aliphatic heterocycles. The number of phosphoric ester groups is 1. The van der Waals surface area contributed by atoms with Crippen molar-refractivity contribution in [3.05, 3.63) is 111 Å². The molecule has 0 radical (unpaired) electrons. The lowest BCUT2D eigenvalue weighted by Gasteiger charge is -2.17. The molecule has 0 saturated heterocycles. The van der Waals surface area contributed by atoms with Crippen molar-refractivity contribution in [2.45, 2.75) is 59.5 Å². The third-order valence-corrected chi connectivity index (χ3v) is 9.91. The highest BCUT2D eigenvalue weighted by atomic mass is 31.2. The number of carbonyl (C=O) groups is 4. The number of amides is 3. The minimum atomic E-state index is -4.80. The number of nitrogen functional groups attached to an aromatic ring is 1. The summed E-state index contributed by atoms with van der Waals surface area (Å²) in [5, 5.41) is 10.5. The van der Waals surface area contributed by atoms with Gasteiger partial charge in [-0.3, -0.25) is 37.7 Å². The van der Waals surface area contributed by atoms with Crippen molar-refractivity contribution in [2.75, 3.05) is 34.9 Å². The molecule has 324 valence electrons. The number of aromatic nitrogens is 4. The summed E-state index contributed by atoms with van der Waals surface area (Å²) < 4.78 is 69.0. The van der Waals surface area contributed by atoms with Crippen LogP contribution < -0.4 is 32.6 Å². The van der Waals surface area contributed by atoms with Crippen molar-refractivity contribution >= 4 is 66.0 Å². The van der Waals surface area contributed by atoms with Crippen LogP contribution in [0.3, 0.4) is 0 Å². The lowest BCUT2D eigenvalue weighted by Crippen LogP contribution is -2.36. The van der Waals surface area contributed by atoms with Crippen LogP contribution in [0.25, 0.3) is 11.2 Å². The first kappa shape index (κ1) is 47.1. The Labute approximate surface area is 346 Å². The summed E-state index contributed by atoms with van der Waals surface area (Å²) in [5.41, 5.74) is 5.20. The molecule has 0 unspecified atom stereocenters. The van der Waals surface area contributed by atoms with Crippen LogP contribution in [0.15, 0.2) is 77.7 Å². The first-order valence-corrected chi connectivity index (χ1v) is 19.6. The number of rotatable bonds is 19. The molecule has 5 aromatic rings. The van der Waals surface area contributed by atoms with E-state index in [1.807, 2.05) is 0 Å². The second kappa shape index (κ2) is 21.1. The van der Waals surface area contributed by atoms with E-state index in [1.54, 1.807) is 38.1 Å². The highest BCUT2D eigenvalue weighted by molar-refractivity contribution is 7.48. The SMILES string of the molecule is C.CCOP(=O)(OCC)OCc1ccc(NC(=O)c2ccc(C(F)(F)F)cc2NC(=O)CC[C@@H](C=O)NC(=O)c2ccc(NCc3cnc4nc(N)[nH]c(=O)c4n3)cc2)cc1. The maximum absolute atomic E-state index is 13.6. The van der Waals surface area contributed by atoms with Gasteiger partial charge in [-0.2, -0.15) is 18.2 Å². The average Bonchev–Trinajstić information content (AvgIpc) is 3.21. The highest BCUT2D eigenvalue weighted by Crippen LogP contribution is 2.49. The number of aromatic amines is 1. The van der Waals surface area contributed by atoms with E-state index in [4.69, 9.17) is 19.3 Å². The van der Waals surface area contributed by atoms with E-state index in [0.29, 0.717) is 35.4 Å². The fourth-order valence-corrected chi connectivity index (χ4v) is 6.56. The van der Waals surface area contributed by atoms with Gasteiger partial charge in [0.25, 0.3) is 17.4 Å². The molecule has 3 amide bonds. The number of halogens is 3. The first-order valence-electron chi connectivity index (χ1n) is 18.2. The summed E-state index contributed by atoms with van der Waals surface area (Å²) >= 11 is 0. The first-order chi connectivity index (χ1) is 28.6. The molecule has 1 atom stereocenters. The second-order valence-electron chi connectivity index (χ2n) is 12.7. The summed E-state index contributed by atoms with van der Waals surface area (Å²) in [7, 11) is -3.78. The largest absolute Gasteiger partial charge is 0.475 e. The number of nitrogens with zero attached hydrogens (tertiary/aromatic N) is 3. The van der Waals surface area contributed by atoms with Crippen LogP contribution in [-0.2, 0) is 47.1 Å². The number of nitrogens with one attached hydrogen (secondary N) is 5. The van der Waals surface area contributed by atoms with Gasteiger partial charge < -0.3 is 31.8 Å². The molecule has 18 nitrogen and oxygen atoms in total. The van der Waals surface area contributed by atoms with Crippen molar-refractivity contribution in [1.29, 1.82) is 0 Å². The predicted molar refractivity (Wildman–Crippen MR) is 220 cm³/mol. The second-order valence-corrected chi connectivity index (χ2v) is 14.4. The van der Waals surface area contributed by atoms with Crippen LogP contribution >= 0.6 is 7.82 Å². The van der Waals surface area contributed by atoms with E-state index in [1.165, 1.54) is 30.5 Å². The Balaban J connectivity index is 0.00000819. The van der Waals surface area contributed by atoms with Crippen LogP contribution in [-0.4, -0.2) is 63.2 Å². The molecule has 3 aromatic carbocycles. The molecule has 2 aromatic heterocycles. The number of anilines is 4. The van der Waals surface area contributed by atoms with Gasteiger partial charge >= 0.3 is 14.0 Å². The third-order valence-electron chi connectivity index (χ3n) is 8.31. The normalized spacial score (nSPS) is 11.9. The summed E-state index contributed by atoms with van der Waals surface area (Å²) in [4.78, 5) is 77.8. The molecule has 0 aliphatic rings. The number of phosphoric acid groups is 1. The number of hydrogen-bond donors (Lipinski definition) is 6. The molecule has 7 N–H and O–H groups in total. The summed E-state index contributed by atoms with van der Waals surface area (Å²) in [5.74, 6) is -2.40. The Kier molecular flexibility index (Phi) is 16.3. The zero-order valence-corrected chi connectivity index (χ0v) is 32.9. The van der Waals surface area contributed by atoms with Gasteiger partial charge in [0, 0.05) is 23.4 Å². The molecule has 0 bridgehead atoms. The average molecular weight is 870 g/mol. The fourth-order valence-electron chi connectivity index (χ4n) is 5.40. The predicted octanol–water partition coefficient (Wildman–Crippen LogP) is 6.23. The highest BCUT2D eigenvalue weighted by Gasteiger charge is 2.32. The van der Waals surface area contributed by atoms with Crippen molar-refractivity contribution in [2.24, 2.45) is 0 Å². The quantitative estimate of drug-likeness (QED) is 0.0397. The van der Waals surface area contributed by atoms with Gasteiger partial charge in [0.05, 0.1) is 61.1 Å². The van der Waals surface area contributed by atoms with Crippen molar-refractivity contribution in [1.82, 2.24) is 25.3 Å². The summed E-state index contributed by atoms with van der Waals surface area (Å²) in [6, 6.07) is 13.3. The number of benzene rings is 3. The molecule has 0 aliphatic carbocycles. The monoisotopic (exact) mass is 869 g/mol. The lowest BCUT2D eigenvalue weighted by molar-refractivity contribution is -0.137. The maximum Gasteiger partial charge on any atom is 0.475 e. The minimum absolute atomic E-state index is 0. The van der Waals surface area contributed by atoms with Gasteiger partial charge in [0.1, 0.15) is 6.29 Å². The van der Waals surface area contributed by atoms with Crippen LogP contribution in [0.1, 0.15) is 71.7 Å². The number of alkyl halides is 3. The van der Waals surface area contributed by atoms with Gasteiger partial charge in [-0.05, 0) is 80.4 Å². The van der Waals surface area contributed by atoms with Crippen molar-refractivity contribution < 1.29 is 50.5 Å². The standard InChI is InChI=1S/C38H39F3N9O9P.CH4/c1-3-57-60(56,58-4-2)59-21-22-5-10-26(11-6-22)46-35(54)29-15-9-24(38(39,40)41)17-30(29)48-31(52)16-14-27(20-51)47-34(53)23-7-12-25(13-8-23)43-18-28-19-44-33-32(45-28)36(55)50-37(42)49-33;/h5-13,15,17,19-20,27,43H,3-4,14,16,18,21H2,1-2H3,(H,46,54)(H,47,53)(H,48,52)(H3,42,44,49,50,55);1H4/t27-;/m0./s1. The molecule has 0 spiro atoms. The number of nitrogens with two attached hydrogens (primary N) is 1. The van der Waals surface area contributed by atoms with E-state index in [0.717, 1.165) is 6.07 Å². The van der Waals surface area contributed by atoms with E-state index >= 15 is 0 Å². The number of H-pyrrole nitrogens is 1. The third kappa shape index (κ3) is 13.2. The maximum atomic E-state index is 13.6. The van der Waals surface area contributed by atoms with Gasteiger partial charge in [0.15, 0.2) is 11.2 Å². The molecule has 22 heteroatoms. The van der Waals surface area contributed by atoms with Gasteiger partial charge in [-0.15, -0.1) is 0 Å². The summed E-state index contributed by atoms with van der Waals surface area (Å²) in [6.07, 6.45) is -3.60. The smallest absolute Gasteiger partial charge is 0.379 e. The Bertz CT molecular complexity index is 2440.